The summed E-state index contributed by atoms with van der Waals surface area (Å²) in [4.78, 5) is 20.6. The van der Waals surface area contributed by atoms with Crippen molar-refractivity contribution in [3.8, 4) is 22.8 Å². The number of aromatic hydroxyl groups is 2. The average molecular weight is 758 g/mol. The number of fused-ring (bicyclic) bond motifs is 1. The Hall–Kier alpha value is -3.86. The zero-order valence-corrected chi connectivity index (χ0v) is 32.4. The van der Waals surface area contributed by atoms with Gasteiger partial charge in [0.1, 0.15) is 17.3 Å². The number of nitrogens with two attached hydrogens (primary N) is 1. The molecule has 0 aliphatic heterocycles. The molecule has 2 aromatic heterocycles. The Morgan fingerprint density at radius 2 is 1.67 bits per heavy atom. The molecular formula is C45H63N3O7. The highest BCUT2D eigenvalue weighted by molar-refractivity contribution is 5.71. The van der Waals surface area contributed by atoms with Gasteiger partial charge in [-0.3, -0.25) is 4.79 Å². The minimum Gasteiger partial charge on any atom is -0.508 e. The van der Waals surface area contributed by atoms with Gasteiger partial charge in [0.05, 0.1) is 23.7 Å². The molecule has 3 aliphatic carbocycles. The lowest BCUT2D eigenvalue weighted by atomic mass is 9.69. The van der Waals surface area contributed by atoms with E-state index in [1.165, 1.54) is 25.3 Å². The number of aromatic nitrogens is 2. The van der Waals surface area contributed by atoms with Crippen molar-refractivity contribution in [1.29, 1.82) is 0 Å². The molecule has 0 bridgehead atoms. The van der Waals surface area contributed by atoms with Gasteiger partial charge in [-0.05, 0) is 136 Å². The van der Waals surface area contributed by atoms with E-state index in [9.17, 15) is 35.4 Å². The standard InChI is InChI=1S/C45H63N3O7/c1-2-3-4-7-28-10-11-31(41(52)22-28)8-5-6-9-32-12-13-36(39-15-14-38(48-39)33-24-34(49)26-35(50)25-33)37-21-30(20-29-17-19-47-42(46)23-29)27-45(37,55)18-16-40(51)43(32)44(53)54/h10-11,14-15,17,19,23-26,28,30-32,36-37,40-41,43,48-52,55H,2-9,12-13,16,18,20-22,27H2,1H3,(H2,46,47)(H,53,54)/t28-,30+,31-,32+,36-,37+,40+,41-,43+,45+/m1/s1. The Balaban J connectivity index is 1.22. The number of anilines is 1. The first-order valence-corrected chi connectivity index (χ1v) is 20.8. The fraction of sp³-hybridized carbons (Fsp3) is 0.600. The van der Waals surface area contributed by atoms with Gasteiger partial charge in [-0.1, -0.05) is 51.2 Å². The number of benzene rings is 1. The molecule has 0 saturated heterocycles. The second kappa shape index (κ2) is 18.4. The quantitative estimate of drug-likeness (QED) is 0.0593. The van der Waals surface area contributed by atoms with E-state index in [0.717, 1.165) is 61.9 Å². The predicted molar refractivity (Wildman–Crippen MR) is 214 cm³/mol. The zero-order valence-electron chi connectivity index (χ0n) is 32.4. The Bertz CT molecular complexity index is 1720. The Labute approximate surface area is 325 Å². The summed E-state index contributed by atoms with van der Waals surface area (Å²) in [6.45, 7) is 2.21. The number of carboxylic acid groups (broad SMARTS) is 1. The maximum absolute atomic E-state index is 12.9. The van der Waals surface area contributed by atoms with E-state index >= 15 is 0 Å². The minimum atomic E-state index is -1.12. The summed E-state index contributed by atoms with van der Waals surface area (Å²) in [5.41, 5.74) is 8.23. The number of H-pyrrole nitrogens is 1. The maximum Gasteiger partial charge on any atom is 0.309 e. The number of carboxylic acids is 1. The van der Waals surface area contributed by atoms with E-state index < -0.39 is 23.6 Å². The van der Waals surface area contributed by atoms with Gasteiger partial charge in [-0.25, -0.2) is 4.98 Å². The largest absolute Gasteiger partial charge is 0.508 e. The van der Waals surface area contributed by atoms with E-state index in [0.29, 0.717) is 49.4 Å². The Morgan fingerprint density at radius 1 is 0.909 bits per heavy atom. The molecule has 0 amide bonds. The molecule has 2 heterocycles. The smallest absolute Gasteiger partial charge is 0.309 e. The summed E-state index contributed by atoms with van der Waals surface area (Å²) in [5.74, 6) is -1.42. The highest BCUT2D eigenvalue weighted by atomic mass is 16.4. The average Bonchev–Trinajstić information content (AvgIpc) is 3.74. The summed E-state index contributed by atoms with van der Waals surface area (Å²) in [6, 6.07) is 12.2. The summed E-state index contributed by atoms with van der Waals surface area (Å²) < 4.78 is 0. The van der Waals surface area contributed by atoms with Crippen LogP contribution < -0.4 is 5.73 Å². The van der Waals surface area contributed by atoms with Crippen molar-refractivity contribution in [2.75, 3.05) is 5.73 Å². The number of aliphatic hydroxyl groups is 3. The number of nitrogens with one attached hydrogen (secondary N) is 1. The number of nitrogens with zero attached hydrogens (tertiary/aromatic N) is 1. The molecule has 0 radical (unpaired) electrons. The third-order valence-electron chi connectivity index (χ3n) is 13.2. The molecule has 10 nitrogen and oxygen atoms in total. The third-order valence-corrected chi connectivity index (χ3v) is 13.2. The summed E-state index contributed by atoms with van der Waals surface area (Å²) in [7, 11) is 0. The first kappa shape index (κ1) is 40.8. The second-order valence-electron chi connectivity index (χ2n) is 17.2. The fourth-order valence-corrected chi connectivity index (χ4v) is 10.5. The van der Waals surface area contributed by atoms with Crippen molar-refractivity contribution in [2.24, 2.45) is 35.5 Å². The number of rotatable bonds is 14. The number of allylic oxidation sites excluding steroid dienone is 1. The number of aliphatic carboxylic acids is 1. The minimum absolute atomic E-state index is 0.0451. The molecule has 3 aromatic rings. The van der Waals surface area contributed by atoms with Gasteiger partial charge >= 0.3 is 5.97 Å². The lowest BCUT2D eigenvalue weighted by molar-refractivity contribution is -0.150. The molecule has 0 spiro atoms. The number of phenolic OH excluding ortho intramolecular Hbond substituents is 2. The fourth-order valence-electron chi connectivity index (χ4n) is 10.5. The van der Waals surface area contributed by atoms with Gasteiger partial charge in [0.15, 0.2) is 0 Å². The first-order valence-electron chi connectivity index (χ1n) is 20.8. The monoisotopic (exact) mass is 757 g/mol. The number of nitrogen functional groups attached to an aromatic ring is 1. The molecule has 0 unspecified atom stereocenters. The number of pyridine rings is 1. The molecule has 2 saturated carbocycles. The van der Waals surface area contributed by atoms with E-state index in [1.807, 2.05) is 24.3 Å². The number of hydrogen-bond donors (Lipinski definition) is 8. The van der Waals surface area contributed by atoms with E-state index in [2.05, 4.69) is 29.0 Å². The molecule has 55 heavy (non-hydrogen) atoms. The number of hydrogen-bond acceptors (Lipinski definition) is 8. The topological polar surface area (TPSA) is 193 Å². The molecule has 9 N–H and O–H groups in total. The van der Waals surface area contributed by atoms with Gasteiger partial charge < -0.3 is 41.4 Å². The Kier molecular flexibility index (Phi) is 13.6. The van der Waals surface area contributed by atoms with Crippen LogP contribution in [0, 0.1) is 35.5 Å². The molecule has 10 heteroatoms. The molecule has 1 aromatic carbocycles. The van der Waals surface area contributed by atoms with Crippen LogP contribution in [0.4, 0.5) is 5.82 Å². The van der Waals surface area contributed by atoms with Crippen LogP contribution in [-0.4, -0.2) is 64.4 Å². The number of carbonyl (C=O) groups is 1. The van der Waals surface area contributed by atoms with Gasteiger partial charge in [-0.2, -0.15) is 0 Å². The highest BCUT2D eigenvalue weighted by Crippen LogP contribution is 2.53. The van der Waals surface area contributed by atoms with Crippen molar-refractivity contribution < 1.29 is 35.4 Å². The van der Waals surface area contributed by atoms with Crippen molar-refractivity contribution in [2.45, 2.75) is 133 Å². The van der Waals surface area contributed by atoms with Crippen LogP contribution in [0.2, 0.25) is 0 Å². The van der Waals surface area contributed by atoms with Crippen LogP contribution in [0.3, 0.4) is 0 Å². The summed E-state index contributed by atoms with van der Waals surface area (Å²) in [6.07, 6.45) is 17.2. The van der Waals surface area contributed by atoms with Crippen LogP contribution in [0.25, 0.3) is 11.3 Å². The molecule has 300 valence electrons. The lowest BCUT2D eigenvalue weighted by Gasteiger charge is -2.39. The van der Waals surface area contributed by atoms with Crippen LogP contribution in [0.15, 0.2) is 60.8 Å². The molecule has 10 atom stereocenters. The number of aromatic amines is 1. The third kappa shape index (κ3) is 10.3. The SMILES string of the molecule is CCCCC[C@@H]1C=C[C@@H](CCCC[C@H]2CC[C@@H](c3ccc(-c4cc(O)cc(O)c4)[nH]3)[C@@H]3C[C@H](Cc4ccnc(N)c4)C[C@@]3(O)CC[C@H](O)[C@H]2C(=O)O)[C@H](O)C1. The molecule has 3 aliphatic rings. The van der Waals surface area contributed by atoms with Crippen LogP contribution in [-0.2, 0) is 11.2 Å². The van der Waals surface area contributed by atoms with Crippen molar-refractivity contribution in [1.82, 2.24) is 9.97 Å². The van der Waals surface area contributed by atoms with Crippen LogP contribution in [0.5, 0.6) is 11.5 Å². The van der Waals surface area contributed by atoms with E-state index in [4.69, 9.17) is 5.73 Å². The van der Waals surface area contributed by atoms with Crippen LogP contribution >= 0.6 is 0 Å². The van der Waals surface area contributed by atoms with Gasteiger partial charge in [0.25, 0.3) is 0 Å². The second-order valence-corrected chi connectivity index (χ2v) is 17.2. The summed E-state index contributed by atoms with van der Waals surface area (Å²) >= 11 is 0. The Morgan fingerprint density at radius 3 is 2.40 bits per heavy atom. The number of unbranched alkanes of at least 4 members (excludes halogenated alkanes) is 3. The highest BCUT2D eigenvalue weighted by Gasteiger charge is 2.51. The molecular weight excluding hydrogens is 695 g/mol. The summed E-state index contributed by atoms with van der Waals surface area (Å²) in [5, 5.41) is 66.0. The lowest BCUT2D eigenvalue weighted by Crippen LogP contribution is -2.42. The van der Waals surface area contributed by atoms with E-state index in [-0.39, 0.29) is 53.6 Å². The van der Waals surface area contributed by atoms with Crippen molar-refractivity contribution >= 4 is 11.8 Å². The molecule has 6 rings (SSSR count). The predicted octanol–water partition coefficient (Wildman–Crippen LogP) is 8.10. The van der Waals surface area contributed by atoms with Gasteiger partial charge in [0, 0.05) is 41.1 Å². The van der Waals surface area contributed by atoms with Crippen molar-refractivity contribution in [3.05, 3.63) is 72.1 Å². The van der Waals surface area contributed by atoms with Gasteiger partial charge in [0.2, 0.25) is 0 Å². The van der Waals surface area contributed by atoms with Gasteiger partial charge in [-0.15, -0.1) is 0 Å². The van der Waals surface area contributed by atoms with Crippen LogP contribution in [0.1, 0.15) is 120 Å². The normalized spacial score (nSPS) is 31.2. The number of aliphatic hydroxyl groups excluding tert-OH is 2. The molecule has 2 fully saturated rings. The zero-order chi connectivity index (χ0) is 39.1. The number of phenols is 2. The first-order chi connectivity index (χ1) is 26.4. The van der Waals surface area contributed by atoms with Crippen molar-refractivity contribution in [3.63, 3.8) is 0 Å². The van der Waals surface area contributed by atoms with E-state index in [1.54, 1.807) is 18.3 Å². The maximum atomic E-state index is 12.9.